The zero-order valence-electron chi connectivity index (χ0n) is 15.4. The number of piperidine rings is 1. The van der Waals surface area contributed by atoms with Gasteiger partial charge in [0, 0.05) is 57.2 Å². The molecule has 1 N–H and O–H groups in total. The van der Waals surface area contributed by atoms with Crippen molar-refractivity contribution in [3.05, 3.63) is 60.4 Å². The smallest absolute Gasteiger partial charge is 0.0543 e. The van der Waals surface area contributed by atoms with Gasteiger partial charge in [-0.05, 0) is 44.0 Å². The fourth-order valence-electron chi connectivity index (χ4n) is 3.41. The molecular weight excluding hydrogens is 308 g/mol. The first-order chi connectivity index (χ1) is 12.2. The monoisotopic (exact) mass is 338 g/mol. The second-order valence-corrected chi connectivity index (χ2v) is 7.08. The van der Waals surface area contributed by atoms with Crippen molar-refractivity contribution in [2.24, 2.45) is 0 Å². The maximum absolute atomic E-state index is 4.44. The number of pyridine rings is 1. The number of anilines is 1. The van der Waals surface area contributed by atoms with Crippen molar-refractivity contribution >= 4 is 5.69 Å². The van der Waals surface area contributed by atoms with Gasteiger partial charge >= 0.3 is 0 Å². The van der Waals surface area contributed by atoms with Crippen LogP contribution >= 0.6 is 0 Å². The van der Waals surface area contributed by atoms with E-state index in [2.05, 4.69) is 76.5 Å². The molecule has 1 aromatic carbocycles. The number of likely N-dealkylation sites (tertiary alicyclic amines) is 1. The summed E-state index contributed by atoms with van der Waals surface area (Å²) in [6, 6.07) is 17.9. The molecule has 2 heterocycles. The quantitative estimate of drug-likeness (QED) is 0.840. The molecule has 0 spiro atoms. The first-order valence-corrected chi connectivity index (χ1v) is 9.36. The number of hydrogen-bond acceptors (Lipinski definition) is 4. The largest absolute Gasteiger partial charge is 0.371 e. The molecule has 2 aromatic rings. The van der Waals surface area contributed by atoms with Crippen LogP contribution in [0.4, 0.5) is 5.69 Å². The molecule has 0 amide bonds. The van der Waals surface area contributed by atoms with Crippen LogP contribution < -0.4 is 10.2 Å². The van der Waals surface area contributed by atoms with E-state index in [4.69, 9.17) is 0 Å². The number of nitrogens with zero attached hydrogens (tertiary/aromatic N) is 3. The lowest BCUT2D eigenvalue weighted by Gasteiger charge is -2.34. The fourth-order valence-corrected chi connectivity index (χ4v) is 3.41. The van der Waals surface area contributed by atoms with Crippen LogP contribution in [0.3, 0.4) is 0 Å². The molecule has 0 aliphatic carbocycles. The summed E-state index contributed by atoms with van der Waals surface area (Å²) >= 11 is 0. The summed E-state index contributed by atoms with van der Waals surface area (Å²) in [5.74, 6) is 0. The van der Waals surface area contributed by atoms with E-state index in [1.165, 1.54) is 24.2 Å². The normalized spacial score (nSPS) is 17.4. The van der Waals surface area contributed by atoms with Crippen LogP contribution in [0, 0.1) is 0 Å². The lowest BCUT2D eigenvalue weighted by molar-refractivity contribution is 0.188. The Balaban J connectivity index is 1.39. The van der Waals surface area contributed by atoms with Gasteiger partial charge in [0.05, 0.1) is 5.69 Å². The molecule has 1 aliphatic heterocycles. The Kier molecular flexibility index (Phi) is 6.42. The van der Waals surface area contributed by atoms with Gasteiger partial charge < -0.3 is 10.2 Å². The van der Waals surface area contributed by atoms with Gasteiger partial charge in [0.15, 0.2) is 0 Å². The molecule has 0 unspecified atom stereocenters. The maximum atomic E-state index is 4.44. The Bertz CT molecular complexity index is 608. The summed E-state index contributed by atoms with van der Waals surface area (Å²) in [5, 5.41) is 3.77. The van der Waals surface area contributed by atoms with Gasteiger partial charge in [-0.25, -0.2) is 0 Å². The van der Waals surface area contributed by atoms with E-state index in [1.807, 2.05) is 12.3 Å². The van der Waals surface area contributed by atoms with Crippen LogP contribution in [-0.4, -0.2) is 48.6 Å². The zero-order chi connectivity index (χ0) is 17.5. The van der Waals surface area contributed by atoms with Gasteiger partial charge in [-0.2, -0.15) is 0 Å². The SMILES string of the molecule is C[C@H](CNC1CCN(Cc2ccccn2)CC1)N(C)c1ccccc1. The first kappa shape index (κ1) is 17.9. The summed E-state index contributed by atoms with van der Waals surface area (Å²) in [7, 11) is 2.18. The molecule has 1 saturated heterocycles. The van der Waals surface area contributed by atoms with Crippen LogP contribution in [0.15, 0.2) is 54.7 Å². The van der Waals surface area contributed by atoms with Gasteiger partial charge in [0.1, 0.15) is 0 Å². The molecular formula is C21H30N4. The van der Waals surface area contributed by atoms with Crippen LogP contribution in [0.25, 0.3) is 0 Å². The van der Waals surface area contributed by atoms with E-state index in [-0.39, 0.29) is 0 Å². The second kappa shape index (κ2) is 8.97. The minimum absolute atomic E-state index is 0.481. The third-order valence-corrected chi connectivity index (χ3v) is 5.23. The Labute approximate surface area is 151 Å². The molecule has 25 heavy (non-hydrogen) atoms. The zero-order valence-corrected chi connectivity index (χ0v) is 15.4. The van der Waals surface area contributed by atoms with E-state index < -0.39 is 0 Å². The summed E-state index contributed by atoms with van der Waals surface area (Å²) in [5.41, 5.74) is 2.45. The topological polar surface area (TPSA) is 31.4 Å². The van der Waals surface area contributed by atoms with E-state index in [0.717, 1.165) is 26.2 Å². The van der Waals surface area contributed by atoms with Crippen molar-refractivity contribution in [3.8, 4) is 0 Å². The maximum Gasteiger partial charge on any atom is 0.0543 e. The van der Waals surface area contributed by atoms with Crippen LogP contribution in [0.2, 0.25) is 0 Å². The number of hydrogen-bond donors (Lipinski definition) is 1. The Morgan fingerprint density at radius 2 is 1.84 bits per heavy atom. The Morgan fingerprint density at radius 3 is 2.52 bits per heavy atom. The van der Waals surface area contributed by atoms with Gasteiger partial charge in [-0.1, -0.05) is 24.3 Å². The van der Waals surface area contributed by atoms with E-state index >= 15 is 0 Å². The fraction of sp³-hybridized carbons (Fsp3) is 0.476. The summed E-state index contributed by atoms with van der Waals surface area (Å²) < 4.78 is 0. The van der Waals surface area contributed by atoms with Crippen LogP contribution in [0.1, 0.15) is 25.5 Å². The third kappa shape index (κ3) is 5.28. The predicted molar refractivity (Wildman–Crippen MR) is 105 cm³/mol. The van der Waals surface area contributed by atoms with Crippen molar-refractivity contribution in [1.29, 1.82) is 0 Å². The molecule has 134 valence electrons. The minimum atomic E-state index is 0.481. The van der Waals surface area contributed by atoms with Crippen LogP contribution in [-0.2, 0) is 6.54 Å². The highest BCUT2D eigenvalue weighted by atomic mass is 15.2. The first-order valence-electron chi connectivity index (χ1n) is 9.36. The average Bonchev–Trinajstić information content (AvgIpc) is 2.68. The molecule has 1 fully saturated rings. The predicted octanol–water partition coefficient (Wildman–Crippen LogP) is 3.16. The van der Waals surface area contributed by atoms with Gasteiger partial charge in [-0.3, -0.25) is 9.88 Å². The number of likely N-dealkylation sites (N-methyl/N-ethyl adjacent to an activating group) is 1. The van der Waals surface area contributed by atoms with Crippen LogP contribution in [0.5, 0.6) is 0 Å². The average molecular weight is 338 g/mol. The van der Waals surface area contributed by atoms with Gasteiger partial charge in [-0.15, -0.1) is 0 Å². The molecule has 1 atom stereocenters. The minimum Gasteiger partial charge on any atom is -0.371 e. The van der Waals surface area contributed by atoms with E-state index in [0.29, 0.717) is 12.1 Å². The summed E-state index contributed by atoms with van der Waals surface area (Å²) in [6.07, 6.45) is 4.32. The Morgan fingerprint density at radius 1 is 1.12 bits per heavy atom. The highest BCUT2D eigenvalue weighted by molar-refractivity contribution is 5.45. The number of para-hydroxylation sites is 1. The third-order valence-electron chi connectivity index (χ3n) is 5.23. The lowest BCUT2D eigenvalue weighted by Crippen LogP contribution is -2.46. The lowest BCUT2D eigenvalue weighted by atomic mass is 10.0. The van der Waals surface area contributed by atoms with E-state index in [1.54, 1.807) is 0 Å². The molecule has 0 radical (unpaired) electrons. The molecule has 4 heteroatoms. The van der Waals surface area contributed by atoms with Crippen molar-refractivity contribution in [2.45, 2.75) is 38.4 Å². The van der Waals surface area contributed by atoms with Gasteiger partial charge in [0.25, 0.3) is 0 Å². The van der Waals surface area contributed by atoms with Crippen molar-refractivity contribution in [2.75, 3.05) is 31.6 Å². The van der Waals surface area contributed by atoms with Crippen molar-refractivity contribution in [1.82, 2.24) is 15.2 Å². The summed E-state index contributed by atoms with van der Waals surface area (Å²) in [6.45, 7) is 6.58. The molecule has 3 rings (SSSR count). The highest BCUT2D eigenvalue weighted by Gasteiger charge is 2.20. The standard InChI is InChI=1S/C21H30N4/c1-18(24(2)21-9-4-3-5-10-21)16-23-19-11-14-25(15-12-19)17-20-8-6-7-13-22-20/h3-10,13,18-19,23H,11-12,14-17H2,1-2H3/t18-/m1/s1. The molecule has 4 nitrogen and oxygen atoms in total. The number of benzene rings is 1. The highest BCUT2D eigenvalue weighted by Crippen LogP contribution is 2.15. The van der Waals surface area contributed by atoms with Crippen molar-refractivity contribution in [3.63, 3.8) is 0 Å². The Hall–Kier alpha value is -1.91. The molecule has 1 aliphatic rings. The van der Waals surface area contributed by atoms with E-state index in [9.17, 15) is 0 Å². The molecule has 0 saturated carbocycles. The number of aromatic nitrogens is 1. The van der Waals surface area contributed by atoms with Gasteiger partial charge in [0.2, 0.25) is 0 Å². The second-order valence-electron chi connectivity index (χ2n) is 7.08. The number of nitrogens with one attached hydrogen (secondary N) is 1. The molecule has 0 bridgehead atoms. The summed E-state index contributed by atoms with van der Waals surface area (Å²) in [4.78, 5) is 9.30. The van der Waals surface area contributed by atoms with Crippen molar-refractivity contribution < 1.29 is 0 Å². The number of rotatable bonds is 7. The molecule has 1 aromatic heterocycles.